The molecule has 0 radical (unpaired) electrons. The smallest absolute Gasteiger partial charge is 0.356 e. The molecule has 1 aromatic carbocycles. The molecule has 2 rings (SSSR count). The average Bonchev–Trinajstić information content (AvgIpc) is 2.39. The second kappa shape index (κ2) is 6.28. The van der Waals surface area contributed by atoms with E-state index in [1.54, 1.807) is 12.1 Å². The van der Waals surface area contributed by atoms with Crippen LogP contribution in [0.1, 0.15) is 16.1 Å². The summed E-state index contributed by atoms with van der Waals surface area (Å²) in [6.45, 7) is 0. The van der Waals surface area contributed by atoms with E-state index in [1.165, 1.54) is 11.8 Å². The lowest BCUT2D eigenvalue weighted by Gasteiger charge is -2.04. The van der Waals surface area contributed by atoms with Crippen molar-refractivity contribution in [3.63, 3.8) is 0 Å². The number of carboxylic acids is 1. The predicted octanol–water partition coefficient (Wildman–Crippen LogP) is 4.38. The maximum Gasteiger partial charge on any atom is 0.356 e. The lowest BCUT2D eigenvalue weighted by Crippen LogP contribution is -2.01. The van der Waals surface area contributed by atoms with Crippen LogP contribution in [0.15, 0.2) is 41.4 Å². The molecule has 2 aromatic rings. The number of carbonyl (C=O) groups is 1. The van der Waals surface area contributed by atoms with Gasteiger partial charge in [0.1, 0.15) is 0 Å². The van der Waals surface area contributed by atoms with Gasteiger partial charge >= 0.3 is 5.97 Å². The highest BCUT2D eigenvalue weighted by molar-refractivity contribution is 7.98. The van der Waals surface area contributed by atoms with Crippen LogP contribution in [0.4, 0.5) is 0 Å². The minimum atomic E-state index is -1.13. The molecule has 0 bridgehead atoms. The molecule has 3 nitrogen and oxygen atoms in total. The Bertz CT molecular complexity index is 602. The fourth-order valence-corrected chi connectivity index (χ4v) is 2.53. The van der Waals surface area contributed by atoms with Crippen molar-refractivity contribution in [2.45, 2.75) is 10.8 Å². The lowest BCUT2D eigenvalue weighted by molar-refractivity contribution is 0.0690. The van der Waals surface area contributed by atoms with Gasteiger partial charge in [0.25, 0.3) is 0 Å². The van der Waals surface area contributed by atoms with E-state index in [2.05, 4.69) is 4.98 Å². The fraction of sp³-hybridized carbons (Fsp3) is 0.0769. The third-order valence-corrected chi connectivity index (χ3v) is 3.88. The van der Waals surface area contributed by atoms with Gasteiger partial charge in [-0.25, -0.2) is 9.78 Å². The maximum absolute atomic E-state index is 10.9. The Hall–Kier alpha value is -1.23. The van der Waals surface area contributed by atoms with E-state index < -0.39 is 5.97 Å². The Morgan fingerprint density at radius 1 is 1.16 bits per heavy atom. The fourth-order valence-electron chi connectivity index (χ4n) is 1.39. The second-order valence-corrected chi connectivity index (χ2v) is 5.54. The molecule has 98 valence electrons. The van der Waals surface area contributed by atoms with E-state index in [-0.39, 0.29) is 10.7 Å². The van der Waals surface area contributed by atoms with E-state index in [0.29, 0.717) is 15.8 Å². The highest BCUT2D eigenvalue weighted by Crippen LogP contribution is 2.24. The summed E-state index contributed by atoms with van der Waals surface area (Å²) in [5, 5.41) is 10.4. The second-order valence-electron chi connectivity index (χ2n) is 3.70. The normalized spacial score (nSPS) is 10.4. The first kappa shape index (κ1) is 14.2. The van der Waals surface area contributed by atoms with Crippen LogP contribution in [-0.2, 0) is 5.75 Å². The monoisotopic (exact) mass is 313 g/mol. The molecule has 6 heteroatoms. The van der Waals surface area contributed by atoms with E-state index in [4.69, 9.17) is 28.3 Å². The van der Waals surface area contributed by atoms with E-state index in [9.17, 15) is 4.79 Å². The topological polar surface area (TPSA) is 50.2 Å². The molecule has 0 spiro atoms. The molecule has 0 fully saturated rings. The van der Waals surface area contributed by atoms with Gasteiger partial charge in [0.05, 0.1) is 10.0 Å². The molecule has 0 amide bonds. The highest BCUT2D eigenvalue weighted by atomic mass is 35.5. The number of aromatic carboxylic acids is 1. The lowest BCUT2D eigenvalue weighted by atomic mass is 10.2. The number of hydrogen-bond donors (Lipinski definition) is 1. The van der Waals surface area contributed by atoms with Crippen molar-refractivity contribution in [1.82, 2.24) is 4.98 Å². The molecule has 1 N–H and O–H groups in total. The predicted molar refractivity (Wildman–Crippen MR) is 77.2 cm³/mol. The van der Waals surface area contributed by atoms with Crippen molar-refractivity contribution in [1.29, 1.82) is 0 Å². The van der Waals surface area contributed by atoms with Gasteiger partial charge in [-0.3, -0.25) is 0 Å². The first-order valence-electron chi connectivity index (χ1n) is 5.33. The third kappa shape index (κ3) is 3.86. The van der Waals surface area contributed by atoms with Gasteiger partial charge in [-0.05, 0) is 29.8 Å². The standard InChI is InChI=1S/C13H9Cl2NO2S/c14-9-3-1-8(2-4-9)7-19-11-6-5-10(15)12(16-11)13(17)18/h1-6H,7H2,(H,17,18). The first-order valence-corrected chi connectivity index (χ1v) is 7.07. The van der Waals surface area contributed by atoms with Crippen LogP contribution in [0.5, 0.6) is 0 Å². The molecule has 1 heterocycles. The molecular formula is C13H9Cl2NO2S. The number of pyridine rings is 1. The van der Waals surface area contributed by atoms with Crippen LogP contribution in [0.3, 0.4) is 0 Å². The highest BCUT2D eigenvalue weighted by Gasteiger charge is 2.11. The van der Waals surface area contributed by atoms with Crippen molar-refractivity contribution in [3.8, 4) is 0 Å². The molecule has 0 aliphatic carbocycles. The Kier molecular flexibility index (Phi) is 4.69. The number of hydrogen-bond acceptors (Lipinski definition) is 3. The number of benzene rings is 1. The van der Waals surface area contributed by atoms with Gasteiger partial charge in [0.15, 0.2) is 5.69 Å². The number of halogens is 2. The summed E-state index contributed by atoms with van der Waals surface area (Å²) in [4.78, 5) is 14.9. The molecule has 19 heavy (non-hydrogen) atoms. The Balaban J connectivity index is 2.09. The van der Waals surface area contributed by atoms with Gasteiger partial charge in [-0.2, -0.15) is 0 Å². The molecule has 0 atom stereocenters. The SMILES string of the molecule is O=C(O)c1nc(SCc2ccc(Cl)cc2)ccc1Cl. The number of nitrogens with zero attached hydrogens (tertiary/aromatic N) is 1. The van der Waals surface area contributed by atoms with Gasteiger partial charge in [-0.15, -0.1) is 11.8 Å². The van der Waals surface area contributed by atoms with Gasteiger partial charge < -0.3 is 5.11 Å². The Morgan fingerprint density at radius 3 is 2.47 bits per heavy atom. The average molecular weight is 314 g/mol. The van der Waals surface area contributed by atoms with Crippen molar-refractivity contribution in [2.24, 2.45) is 0 Å². The van der Waals surface area contributed by atoms with Crippen LogP contribution in [0.2, 0.25) is 10.0 Å². The number of aromatic nitrogens is 1. The van der Waals surface area contributed by atoms with Crippen molar-refractivity contribution >= 4 is 40.9 Å². The number of rotatable bonds is 4. The van der Waals surface area contributed by atoms with Crippen molar-refractivity contribution in [2.75, 3.05) is 0 Å². The van der Waals surface area contributed by atoms with E-state index in [0.717, 1.165) is 5.56 Å². The van der Waals surface area contributed by atoms with E-state index in [1.807, 2.05) is 24.3 Å². The summed E-state index contributed by atoms with van der Waals surface area (Å²) in [5.74, 6) is -0.441. The summed E-state index contributed by atoms with van der Waals surface area (Å²) in [5.41, 5.74) is 0.964. The zero-order valence-electron chi connectivity index (χ0n) is 9.64. The minimum absolute atomic E-state index is 0.122. The van der Waals surface area contributed by atoms with Crippen molar-refractivity contribution in [3.05, 3.63) is 57.7 Å². The van der Waals surface area contributed by atoms with Crippen LogP contribution in [0, 0.1) is 0 Å². The van der Waals surface area contributed by atoms with Gasteiger partial charge in [0, 0.05) is 10.8 Å². The quantitative estimate of drug-likeness (QED) is 0.851. The molecular weight excluding hydrogens is 305 g/mol. The van der Waals surface area contributed by atoms with Crippen LogP contribution in [0.25, 0.3) is 0 Å². The van der Waals surface area contributed by atoms with Gasteiger partial charge in [-0.1, -0.05) is 35.3 Å². The first-order chi connectivity index (χ1) is 9.06. The van der Waals surface area contributed by atoms with Gasteiger partial charge in [0.2, 0.25) is 0 Å². The zero-order chi connectivity index (χ0) is 13.8. The van der Waals surface area contributed by atoms with E-state index >= 15 is 0 Å². The summed E-state index contributed by atoms with van der Waals surface area (Å²) >= 11 is 13.0. The number of carboxylic acid groups (broad SMARTS) is 1. The summed E-state index contributed by atoms with van der Waals surface area (Å²) in [6.07, 6.45) is 0. The molecule has 0 saturated heterocycles. The largest absolute Gasteiger partial charge is 0.476 e. The number of thioether (sulfide) groups is 1. The molecule has 0 aliphatic rings. The molecule has 0 aliphatic heterocycles. The van der Waals surface area contributed by atoms with Crippen LogP contribution < -0.4 is 0 Å². The third-order valence-electron chi connectivity index (χ3n) is 2.32. The molecule has 0 saturated carbocycles. The Labute approximate surface area is 124 Å². The van der Waals surface area contributed by atoms with Crippen molar-refractivity contribution < 1.29 is 9.90 Å². The summed E-state index contributed by atoms with van der Waals surface area (Å²) in [6, 6.07) is 10.7. The van der Waals surface area contributed by atoms with Crippen LogP contribution >= 0.6 is 35.0 Å². The summed E-state index contributed by atoms with van der Waals surface area (Å²) < 4.78 is 0. The molecule has 0 unspecified atom stereocenters. The molecule has 1 aromatic heterocycles. The zero-order valence-corrected chi connectivity index (χ0v) is 12.0. The van der Waals surface area contributed by atoms with Crippen LogP contribution in [-0.4, -0.2) is 16.1 Å². The Morgan fingerprint density at radius 2 is 1.84 bits per heavy atom. The summed E-state index contributed by atoms with van der Waals surface area (Å²) in [7, 11) is 0. The minimum Gasteiger partial charge on any atom is -0.476 e. The maximum atomic E-state index is 10.9.